The minimum absolute atomic E-state index is 0.0276. The first-order valence-electron chi connectivity index (χ1n) is 9.32. The quantitative estimate of drug-likeness (QED) is 0.633. The van der Waals surface area contributed by atoms with Crippen molar-refractivity contribution in [2.24, 2.45) is 5.92 Å². The lowest BCUT2D eigenvalue weighted by Gasteiger charge is -2.16. The third kappa shape index (κ3) is 3.71. The predicted octanol–water partition coefficient (Wildman–Crippen LogP) is 1.39. The van der Waals surface area contributed by atoms with Crippen LogP contribution in [0.2, 0.25) is 0 Å². The van der Waals surface area contributed by atoms with Crippen molar-refractivity contribution in [1.82, 2.24) is 24.2 Å². The summed E-state index contributed by atoms with van der Waals surface area (Å²) in [5.74, 6) is 0.628. The van der Waals surface area contributed by atoms with Crippen LogP contribution in [0.5, 0.6) is 5.75 Å². The van der Waals surface area contributed by atoms with E-state index < -0.39 is 0 Å². The summed E-state index contributed by atoms with van der Waals surface area (Å²) in [5.41, 5.74) is 7.34. The smallest absolute Gasteiger partial charge is 0.242 e. The molecule has 9 nitrogen and oxygen atoms in total. The Bertz CT molecular complexity index is 1010. The molecule has 0 bridgehead atoms. The molecule has 0 spiro atoms. The van der Waals surface area contributed by atoms with Crippen LogP contribution in [0.15, 0.2) is 49.2 Å². The highest BCUT2D eigenvalue weighted by Crippen LogP contribution is 2.26. The highest BCUT2D eigenvalue weighted by Gasteiger charge is 2.33. The number of nitrogens with two attached hydrogens (primary N) is 1. The zero-order valence-electron chi connectivity index (χ0n) is 16.1. The second-order valence-electron chi connectivity index (χ2n) is 6.98. The maximum Gasteiger partial charge on any atom is 0.242 e. The van der Waals surface area contributed by atoms with Gasteiger partial charge in [0.1, 0.15) is 18.1 Å². The second kappa shape index (κ2) is 7.78. The average Bonchev–Trinajstić information content (AvgIpc) is 3.49. The van der Waals surface area contributed by atoms with Gasteiger partial charge in [-0.15, -0.1) is 0 Å². The number of aromatic nitrogens is 4. The van der Waals surface area contributed by atoms with E-state index in [1.54, 1.807) is 47.4 Å². The minimum Gasteiger partial charge on any atom is -0.497 e. The number of nitrogen functional groups attached to an aromatic ring is 1. The van der Waals surface area contributed by atoms with Crippen LogP contribution in [-0.2, 0) is 11.3 Å². The van der Waals surface area contributed by atoms with Gasteiger partial charge in [0, 0.05) is 31.4 Å². The Labute approximate surface area is 167 Å². The zero-order valence-corrected chi connectivity index (χ0v) is 16.1. The summed E-state index contributed by atoms with van der Waals surface area (Å²) < 4.78 is 8.40. The Balaban J connectivity index is 1.44. The number of anilines is 1. The minimum atomic E-state index is -0.280. The molecule has 0 radical (unpaired) electrons. The molecule has 1 fully saturated rings. The number of amides is 1. The lowest BCUT2D eigenvalue weighted by molar-refractivity contribution is -0.130. The summed E-state index contributed by atoms with van der Waals surface area (Å²) in [4.78, 5) is 31.1. The number of Topliss-reactive ketones (excluding diaryl/α,β-unsaturated/α-hetero) is 1. The lowest BCUT2D eigenvalue weighted by Crippen LogP contribution is -2.32. The van der Waals surface area contributed by atoms with Gasteiger partial charge in [0.2, 0.25) is 5.91 Å². The van der Waals surface area contributed by atoms with Crippen molar-refractivity contribution >= 4 is 17.5 Å². The van der Waals surface area contributed by atoms with Crippen LogP contribution in [0.4, 0.5) is 5.82 Å². The van der Waals surface area contributed by atoms with Gasteiger partial charge < -0.3 is 19.9 Å². The lowest BCUT2D eigenvalue weighted by atomic mass is 9.98. The van der Waals surface area contributed by atoms with Gasteiger partial charge in [0.15, 0.2) is 5.78 Å². The third-order valence-corrected chi connectivity index (χ3v) is 5.18. The molecule has 2 aromatic heterocycles. The maximum atomic E-state index is 13.0. The molecule has 1 aliphatic rings. The van der Waals surface area contributed by atoms with Gasteiger partial charge in [-0.3, -0.25) is 9.59 Å². The summed E-state index contributed by atoms with van der Waals surface area (Å²) in [6.07, 6.45) is 7.09. The van der Waals surface area contributed by atoms with Crippen LogP contribution < -0.4 is 10.5 Å². The molecule has 0 unspecified atom stereocenters. The number of carbonyl (C=O) groups is 2. The number of ketones is 1. The van der Waals surface area contributed by atoms with E-state index in [9.17, 15) is 9.59 Å². The van der Waals surface area contributed by atoms with Crippen molar-refractivity contribution in [2.75, 3.05) is 25.9 Å². The zero-order chi connectivity index (χ0) is 20.4. The van der Waals surface area contributed by atoms with E-state index in [4.69, 9.17) is 10.5 Å². The van der Waals surface area contributed by atoms with Crippen LogP contribution >= 0.6 is 0 Å². The van der Waals surface area contributed by atoms with Gasteiger partial charge in [0.05, 0.1) is 30.9 Å². The molecule has 9 heteroatoms. The normalized spacial score (nSPS) is 16.2. The van der Waals surface area contributed by atoms with Crippen LogP contribution in [0, 0.1) is 5.92 Å². The first-order valence-corrected chi connectivity index (χ1v) is 9.32. The van der Waals surface area contributed by atoms with Gasteiger partial charge in [-0.25, -0.2) is 9.67 Å². The molecule has 150 valence electrons. The molecule has 3 heterocycles. The highest BCUT2D eigenvalue weighted by molar-refractivity contribution is 6.02. The maximum absolute atomic E-state index is 13.0. The Morgan fingerprint density at radius 1 is 1.28 bits per heavy atom. The average molecular weight is 394 g/mol. The van der Waals surface area contributed by atoms with E-state index in [1.807, 2.05) is 12.1 Å². The molecule has 0 aliphatic carbocycles. The number of benzene rings is 1. The van der Waals surface area contributed by atoms with Gasteiger partial charge in [-0.05, 0) is 30.7 Å². The van der Waals surface area contributed by atoms with Gasteiger partial charge in [-0.2, -0.15) is 5.10 Å². The van der Waals surface area contributed by atoms with Gasteiger partial charge in [-0.1, -0.05) is 0 Å². The fourth-order valence-electron chi connectivity index (χ4n) is 3.53. The summed E-state index contributed by atoms with van der Waals surface area (Å²) in [7, 11) is 1.60. The van der Waals surface area contributed by atoms with E-state index >= 15 is 0 Å². The molecule has 1 saturated heterocycles. The van der Waals surface area contributed by atoms with Gasteiger partial charge >= 0.3 is 0 Å². The largest absolute Gasteiger partial charge is 0.497 e. The van der Waals surface area contributed by atoms with E-state index in [-0.39, 0.29) is 24.2 Å². The Kier molecular flexibility index (Phi) is 5.03. The molecule has 2 N–H and O–H groups in total. The fraction of sp³-hybridized carbons (Fsp3) is 0.300. The van der Waals surface area contributed by atoms with Crippen LogP contribution in [-0.4, -0.2) is 56.1 Å². The Morgan fingerprint density at radius 3 is 2.76 bits per heavy atom. The van der Waals surface area contributed by atoms with E-state index in [2.05, 4.69) is 10.1 Å². The number of likely N-dealkylation sites (tertiary alicyclic amines) is 1. The number of imidazole rings is 1. The number of nitrogens with zero attached hydrogens (tertiary/aromatic N) is 5. The summed E-state index contributed by atoms with van der Waals surface area (Å²) in [6, 6.07) is 7.25. The number of carbonyl (C=O) groups excluding carboxylic acids is 2. The molecule has 3 aromatic rings. The molecule has 1 amide bonds. The molecule has 1 aliphatic heterocycles. The van der Waals surface area contributed by atoms with E-state index in [1.165, 1.54) is 10.9 Å². The van der Waals surface area contributed by atoms with Crippen molar-refractivity contribution < 1.29 is 14.3 Å². The first-order chi connectivity index (χ1) is 14.1. The third-order valence-electron chi connectivity index (χ3n) is 5.18. The van der Waals surface area contributed by atoms with Crippen LogP contribution in [0.1, 0.15) is 16.8 Å². The van der Waals surface area contributed by atoms with Crippen molar-refractivity contribution in [3.8, 4) is 11.4 Å². The Hall–Kier alpha value is -3.62. The predicted molar refractivity (Wildman–Crippen MR) is 106 cm³/mol. The number of hydrogen-bond acceptors (Lipinski definition) is 6. The summed E-state index contributed by atoms with van der Waals surface area (Å²) in [5, 5.41) is 4.28. The summed E-state index contributed by atoms with van der Waals surface area (Å²) in [6.45, 7) is 1.16. The molecule has 4 rings (SSSR count). The second-order valence-corrected chi connectivity index (χ2v) is 6.98. The molecule has 1 atom stereocenters. The van der Waals surface area contributed by atoms with E-state index in [0.29, 0.717) is 30.9 Å². The molecule has 0 saturated carbocycles. The van der Waals surface area contributed by atoms with Crippen molar-refractivity contribution in [3.63, 3.8) is 0 Å². The monoisotopic (exact) mass is 394 g/mol. The SMILES string of the molecule is COc1ccc(-n2ncc(C(=O)[C@@H]3CCN(C(=O)Cn4ccnc4)C3)c2N)cc1. The number of hydrogen-bond donors (Lipinski definition) is 1. The number of methoxy groups -OCH3 is 1. The number of ether oxygens (including phenoxy) is 1. The van der Waals surface area contributed by atoms with Crippen molar-refractivity contribution in [1.29, 1.82) is 0 Å². The summed E-state index contributed by atoms with van der Waals surface area (Å²) >= 11 is 0. The molecule has 1 aromatic carbocycles. The van der Waals surface area contributed by atoms with Crippen LogP contribution in [0.3, 0.4) is 0 Å². The topological polar surface area (TPSA) is 108 Å². The standard InChI is InChI=1S/C20H22N6O3/c1-29-16-4-2-15(3-5-16)26-20(21)17(10-23-26)19(28)14-6-8-25(11-14)18(27)12-24-9-7-22-13-24/h2-5,7,9-10,13-14H,6,8,11-12,21H2,1H3/t14-/m1/s1. The molecular weight excluding hydrogens is 372 g/mol. The highest BCUT2D eigenvalue weighted by atomic mass is 16.5. The molecule has 29 heavy (non-hydrogen) atoms. The van der Waals surface area contributed by atoms with E-state index in [0.717, 1.165) is 11.4 Å². The Morgan fingerprint density at radius 2 is 2.07 bits per heavy atom. The molecular formula is C20H22N6O3. The van der Waals surface area contributed by atoms with Crippen LogP contribution in [0.25, 0.3) is 5.69 Å². The first kappa shape index (κ1) is 18.7. The van der Waals surface area contributed by atoms with Crippen molar-refractivity contribution in [3.05, 3.63) is 54.7 Å². The van der Waals surface area contributed by atoms with Crippen molar-refractivity contribution in [2.45, 2.75) is 13.0 Å². The fourth-order valence-corrected chi connectivity index (χ4v) is 3.53. The van der Waals surface area contributed by atoms with Gasteiger partial charge in [0.25, 0.3) is 0 Å². The number of rotatable bonds is 6.